The fraction of sp³-hybridized carbons (Fsp3) is 0.375. The molecule has 0 radical (unpaired) electrons. The number of nitrogens with zero attached hydrogens (tertiary/aromatic N) is 2. The Hall–Kier alpha value is -1.85. The van der Waals surface area contributed by atoms with Gasteiger partial charge in [0.15, 0.2) is 0 Å². The Labute approximate surface area is 136 Å². The Balaban J connectivity index is 2.06. The van der Waals surface area contributed by atoms with E-state index in [1.165, 1.54) is 0 Å². The van der Waals surface area contributed by atoms with Gasteiger partial charge < -0.3 is 15.4 Å². The van der Waals surface area contributed by atoms with E-state index in [0.717, 1.165) is 47.5 Å². The van der Waals surface area contributed by atoms with Crippen molar-refractivity contribution < 1.29 is 4.74 Å². The van der Waals surface area contributed by atoms with Crippen molar-refractivity contribution >= 4 is 28.9 Å². The Morgan fingerprint density at radius 3 is 2.64 bits per heavy atom. The first kappa shape index (κ1) is 16.5. The lowest BCUT2D eigenvalue weighted by molar-refractivity contribution is 0.198. The van der Waals surface area contributed by atoms with Gasteiger partial charge in [-0.15, -0.1) is 0 Å². The molecule has 0 fully saturated rings. The van der Waals surface area contributed by atoms with Crippen LogP contribution in [0.4, 0.5) is 17.3 Å². The molecule has 0 aliphatic rings. The third-order valence-electron chi connectivity index (χ3n) is 3.11. The van der Waals surface area contributed by atoms with Crippen LogP contribution in [0, 0.1) is 13.8 Å². The maximum Gasteiger partial charge on any atom is 0.136 e. The Morgan fingerprint density at radius 2 is 1.91 bits per heavy atom. The lowest BCUT2D eigenvalue weighted by atomic mass is 10.2. The molecule has 1 aromatic carbocycles. The van der Waals surface area contributed by atoms with Gasteiger partial charge in [0.2, 0.25) is 0 Å². The third kappa shape index (κ3) is 4.86. The molecule has 0 aliphatic heterocycles. The number of aromatic nitrogens is 2. The maximum atomic E-state index is 6.14. The van der Waals surface area contributed by atoms with Gasteiger partial charge in [-0.1, -0.05) is 17.7 Å². The summed E-state index contributed by atoms with van der Waals surface area (Å²) < 4.78 is 5.03. The molecule has 0 aliphatic carbocycles. The summed E-state index contributed by atoms with van der Waals surface area (Å²) in [5.74, 6) is 2.24. The number of nitrogens with one attached hydrogen (secondary N) is 2. The molecule has 5 nitrogen and oxygen atoms in total. The van der Waals surface area contributed by atoms with Gasteiger partial charge in [0.1, 0.15) is 17.5 Å². The number of benzene rings is 1. The molecular formula is C16H21ClN4O. The third-order valence-corrected chi connectivity index (χ3v) is 3.52. The molecule has 0 bridgehead atoms. The van der Waals surface area contributed by atoms with Crippen LogP contribution in [-0.2, 0) is 4.74 Å². The van der Waals surface area contributed by atoms with Crippen molar-refractivity contribution in [3.63, 3.8) is 0 Å². The average molecular weight is 321 g/mol. The molecule has 2 N–H and O–H groups in total. The number of ether oxygens (including phenoxy) is 1. The van der Waals surface area contributed by atoms with E-state index in [1.807, 2.05) is 38.1 Å². The summed E-state index contributed by atoms with van der Waals surface area (Å²) in [7, 11) is 1.70. The molecule has 118 valence electrons. The minimum atomic E-state index is 0.706. The number of halogens is 1. The zero-order chi connectivity index (χ0) is 15.9. The SMILES string of the molecule is COCCCNc1cc(Nc2ccc(C)c(Cl)c2)nc(C)n1. The normalized spacial score (nSPS) is 10.5. The molecule has 6 heteroatoms. The van der Waals surface area contributed by atoms with E-state index < -0.39 is 0 Å². The molecular weight excluding hydrogens is 300 g/mol. The lowest BCUT2D eigenvalue weighted by Crippen LogP contribution is -2.08. The highest BCUT2D eigenvalue weighted by atomic mass is 35.5. The van der Waals surface area contributed by atoms with Crippen molar-refractivity contribution in [3.05, 3.63) is 40.7 Å². The van der Waals surface area contributed by atoms with E-state index >= 15 is 0 Å². The molecule has 0 saturated carbocycles. The smallest absolute Gasteiger partial charge is 0.136 e. The fourth-order valence-electron chi connectivity index (χ4n) is 1.97. The molecule has 0 spiro atoms. The number of anilines is 3. The second-order valence-electron chi connectivity index (χ2n) is 5.05. The van der Waals surface area contributed by atoms with Crippen molar-refractivity contribution in [3.8, 4) is 0 Å². The Morgan fingerprint density at radius 1 is 1.14 bits per heavy atom. The van der Waals surface area contributed by atoms with Gasteiger partial charge >= 0.3 is 0 Å². The Bertz CT molecular complexity index is 634. The standard InChI is InChI=1S/C16H21ClN4O/c1-11-5-6-13(9-14(11)17)21-16-10-15(19-12(2)20-16)18-7-4-8-22-3/h5-6,9-10H,4,7-8H2,1-3H3,(H2,18,19,20,21). The van der Waals surface area contributed by atoms with Gasteiger partial charge in [0.25, 0.3) is 0 Å². The predicted octanol–water partition coefficient (Wildman–Crippen LogP) is 3.94. The van der Waals surface area contributed by atoms with Crippen molar-refractivity contribution in [2.24, 2.45) is 0 Å². The molecule has 2 aromatic rings. The van der Waals surface area contributed by atoms with Crippen LogP contribution >= 0.6 is 11.6 Å². The summed E-state index contributed by atoms with van der Waals surface area (Å²) in [4.78, 5) is 8.77. The van der Waals surface area contributed by atoms with Crippen LogP contribution in [-0.4, -0.2) is 30.2 Å². The van der Waals surface area contributed by atoms with Gasteiger partial charge in [-0.25, -0.2) is 9.97 Å². The van der Waals surface area contributed by atoms with Crippen molar-refractivity contribution in [1.29, 1.82) is 0 Å². The minimum Gasteiger partial charge on any atom is -0.385 e. The molecule has 0 amide bonds. The minimum absolute atomic E-state index is 0.706. The number of rotatable bonds is 7. The molecule has 1 aromatic heterocycles. The number of aryl methyl sites for hydroxylation is 2. The quantitative estimate of drug-likeness (QED) is 0.757. The van der Waals surface area contributed by atoms with E-state index in [4.69, 9.17) is 16.3 Å². The summed E-state index contributed by atoms with van der Waals surface area (Å²) in [5.41, 5.74) is 1.95. The summed E-state index contributed by atoms with van der Waals surface area (Å²) >= 11 is 6.14. The first-order valence-corrected chi connectivity index (χ1v) is 7.58. The zero-order valence-electron chi connectivity index (χ0n) is 13.1. The molecule has 0 atom stereocenters. The van der Waals surface area contributed by atoms with Crippen molar-refractivity contribution in [2.75, 3.05) is 30.9 Å². The number of hydrogen-bond donors (Lipinski definition) is 2. The van der Waals surface area contributed by atoms with Crippen LogP contribution in [0.5, 0.6) is 0 Å². The van der Waals surface area contributed by atoms with Gasteiger partial charge in [-0.2, -0.15) is 0 Å². The van der Waals surface area contributed by atoms with Crippen LogP contribution < -0.4 is 10.6 Å². The van der Waals surface area contributed by atoms with Crippen LogP contribution in [0.15, 0.2) is 24.3 Å². The molecule has 22 heavy (non-hydrogen) atoms. The summed E-state index contributed by atoms with van der Waals surface area (Å²) in [6, 6.07) is 7.72. The largest absolute Gasteiger partial charge is 0.385 e. The topological polar surface area (TPSA) is 59.1 Å². The highest BCUT2D eigenvalue weighted by Crippen LogP contribution is 2.23. The van der Waals surface area contributed by atoms with Gasteiger partial charge in [-0.05, 0) is 38.0 Å². The highest BCUT2D eigenvalue weighted by Gasteiger charge is 2.04. The van der Waals surface area contributed by atoms with E-state index in [0.29, 0.717) is 5.82 Å². The van der Waals surface area contributed by atoms with E-state index in [9.17, 15) is 0 Å². The second kappa shape index (κ2) is 7.96. The fourth-order valence-corrected chi connectivity index (χ4v) is 2.15. The van der Waals surface area contributed by atoms with Gasteiger partial charge in [0.05, 0.1) is 0 Å². The van der Waals surface area contributed by atoms with Crippen molar-refractivity contribution in [2.45, 2.75) is 20.3 Å². The van der Waals surface area contributed by atoms with Gasteiger partial charge in [-0.3, -0.25) is 0 Å². The van der Waals surface area contributed by atoms with Crippen LogP contribution in [0.3, 0.4) is 0 Å². The van der Waals surface area contributed by atoms with Gasteiger partial charge in [0, 0.05) is 37.0 Å². The lowest BCUT2D eigenvalue weighted by Gasteiger charge is -2.11. The first-order chi connectivity index (χ1) is 10.6. The molecule has 0 saturated heterocycles. The second-order valence-corrected chi connectivity index (χ2v) is 5.45. The highest BCUT2D eigenvalue weighted by molar-refractivity contribution is 6.31. The summed E-state index contributed by atoms with van der Waals surface area (Å²) in [6.07, 6.45) is 0.926. The summed E-state index contributed by atoms with van der Waals surface area (Å²) in [5, 5.41) is 7.25. The summed E-state index contributed by atoms with van der Waals surface area (Å²) in [6.45, 7) is 5.38. The predicted molar refractivity (Wildman–Crippen MR) is 91.2 cm³/mol. The van der Waals surface area contributed by atoms with Crippen LogP contribution in [0.2, 0.25) is 5.02 Å². The molecule has 2 rings (SSSR count). The monoisotopic (exact) mass is 320 g/mol. The van der Waals surface area contributed by atoms with E-state index in [2.05, 4.69) is 20.6 Å². The molecule has 1 heterocycles. The zero-order valence-corrected chi connectivity index (χ0v) is 13.9. The van der Waals surface area contributed by atoms with Crippen LogP contribution in [0.1, 0.15) is 17.8 Å². The maximum absolute atomic E-state index is 6.14. The van der Waals surface area contributed by atoms with Crippen LogP contribution in [0.25, 0.3) is 0 Å². The van der Waals surface area contributed by atoms with E-state index in [1.54, 1.807) is 7.11 Å². The average Bonchev–Trinajstić information content (AvgIpc) is 2.47. The first-order valence-electron chi connectivity index (χ1n) is 7.20. The Kier molecular flexibility index (Phi) is 5.98. The number of methoxy groups -OCH3 is 1. The van der Waals surface area contributed by atoms with E-state index in [-0.39, 0.29) is 0 Å². The molecule has 0 unspecified atom stereocenters. The number of hydrogen-bond acceptors (Lipinski definition) is 5. The van der Waals surface area contributed by atoms with Crippen molar-refractivity contribution in [1.82, 2.24) is 9.97 Å².